The van der Waals surface area contributed by atoms with E-state index in [0.717, 1.165) is 17.1 Å². The maximum atomic E-state index is 5.00. The summed E-state index contributed by atoms with van der Waals surface area (Å²) in [5.74, 6) is 0. The number of thiocarbonyl (C=S) groups is 1. The Morgan fingerprint density at radius 1 is 1.53 bits per heavy atom. The molecule has 1 aromatic rings. The first-order valence-corrected chi connectivity index (χ1v) is 5.54. The van der Waals surface area contributed by atoms with Crippen LogP contribution in [-0.2, 0) is 0 Å². The second-order valence-electron chi connectivity index (χ2n) is 3.37. The van der Waals surface area contributed by atoms with Crippen LogP contribution < -0.4 is 10.7 Å². The fourth-order valence-electron chi connectivity index (χ4n) is 0.988. The van der Waals surface area contributed by atoms with Gasteiger partial charge in [0.1, 0.15) is 5.69 Å². The zero-order chi connectivity index (χ0) is 12.7. The average Bonchev–Trinajstić information content (AvgIpc) is 2.34. The minimum atomic E-state index is 0.448. The topological polar surface area (TPSA) is 62.2 Å². The molecule has 0 radical (unpaired) electrons. The summed E-state index contributed by atoms with van der Waals surface area (Å²) in [7, 11) is 0. The molecule has 0 amide bonds. The van der Waals surface area contributed by atoms with E-state index < -0.39 is 0 Å². The van der Waals surface area contributed by atoms with Gasteiger partial charge in [-0.05, 0) is 38.2 Å². The summed E-state index contributed by atoms with van der Waals surface area (Å²) >= 11 is 5.00. The van der Waals surface area contributed by atoms with Gasteiger partial charge in [-0.25, -0.2) is 0 Å². The van der Waals surface area contributed by atoms with Gasteiger partial charge in [-0.2, -0.15) is 10.2 Å². The molecule has 5 nitrogen and oxygen atoms in total. The van der Waals surface area contributed by atoms with Crippen molar-refractivity contribution in [2.45, 2.75) is 13.8 Å². The second-order valence-corrected chi connectivity index (χ2v) is 3.78. The molecule has 17 heavy (non-hydrogen) atoms. The highest BCUT2D eigenvalue weighted by atomic mass is 32.1. The molecule has 0 saturated heterocycles. The molecule has 2 N–H and O–H groups in total. The van der Waals surface area contributed by atoms with E-state index in [1.54, 1.807) is 6.08 Å². The van der Waals surface area contributed by atoms with Crippen molar-refractivity contribution in [3.05, 3.63) is 36.2 Å². The Morgan fingerprint density at radius 3 is 2.88 bits per heavy atom. The molecule has 0 bridgehead atoms. The van der Waals surface area contributed by atoms with Crippen LogP contribution >= 0.6 is 12.2 Å². The quantitative estimate of drug-likeness (QED) is 0.363. The van der Waals surface area contributed by atoms with Gasteiger partial charge in [-0.15, -0.1) is 11.7 Å². The van der Waals surface area contributed by atoms with E-state index in [1.165, 1.54) is 0 Å². The zero-order valence-electron chi connectivity index (χ0n) is 9.90. The summed E-state index contributed by atoms with van der Waals surface area (Å²) in [6.45, 7) is 7.90. The Balaban J connectivity index is 2.57. The Hall–Kier alpha value is -1.82. The number of aryl methyl sites for hydroxylation is 1. The van der Waals surface area contributed by atoms with E-state index in [0.29, 0.717) is 11.7 Å². The highest BCUT2D eigenvalue weighted by Crippen LogP contribution is 1.96. The third-order valence-electron chi connectivity index (χ3n) is 1.90. The summed E-state index contributed by atoms with van der Waals surface area (Å²) in [5.41, 5.74) is 5.04. The third-order valence-corrected chi connectivity index (χ3v) is 2.14. The molecule has 0 saturated carbocycles. The molecule has 1 heterocycles. The number of hydrazone groups is 1. The predicted octanol–water partition coefficient (Wildman–Crippen LogP) is 1.16. The summed E-state index contributed by atoms with van der Waals surface area (Å²) in [5, 5.41) is 15.4. The predicted molar refractivity (Wildman–Crippen MR) is 72.9 cm³/mol. The molecule has 0 fully saturated rings. The van der Waals surface area contributed by atoms with Gasteiger partial charge in [-0.3, -0.25) is 5.43 Å². The molecule has 0 unspecified atom stereocenters. The minimum Gasteiger partial charge on any atom is -0.358 e. The molecule has 90 valence electrons. The van der Waals surface area contributed by atoms with Crippen molar-refractivity contribution in [2.24, 2.45) is 5.10 Å². The fraction of sp³-hybridized carbons (Fsp3) is 0.273. The highest BCUT2D eigenvalue weighted by molar-refractivity contribution is 7.80. The summed E-state index contributed by atoms with van der Waals surface area (Å²) < 4.78 is 0. The van der Waals surface area contributed by atoms with E-state index in [4.69, 9.17) is 12.2 Å². The molecular formula is C11H15N5S. The van der Waals surface area contributed by atoms with Crippen LogP contribution in [-0.4, -0.2) is 27.6 Å². The van der Waals surface area contributed by atoms with Crippen LogP contribution in [0.1, 0.15) is 18.3 Å². The van der Waals surface area contributed by atoms with Crippen molar-refractivity contribution < 1.29 is 0 Å². The monoisotopic (exact) mass is 249 g/mol. The molecule has 0 aliphatic rings. The van der Waals surface area contributed by atoms with Gasteiger partial charge in [-0.1, -0.05) is 6.08 Å². The highest BCUT2D eigenvalue weighted by Gasteiger charge is 1.99. The smallest absolute Gasteiger partial charge is 0.187 e. The van der Waals surface area contributed by atoms with Crippen molar-refractivity contribution in [2.75, 3.05) is 6.54 Å². The van der Waals surface area contributed by atoms with Crippen molar-refractivity contribution in [1.29, 1.82) is 0 Å². The Morgan fingerprint density at radius 2 is 2.29 bits per heavy atom. The van der Waals surface area contributed by atoms with Crippen LogP contribution in [0.3, 0.4) is 0 Å². The molecule has 0 atom stereocenters. The van der Waals surface area contributed by atoms with E-state index in [9.17, 15) is 0 Å². The average molecular weight is 249 g/mol. The molecule has 0 aromatic carbocycles. The molecule has 0 spiro atoms. The van der Waals surface area contributed by atoms with Gasteiger partial charge in [0.25, 0.3) is 0 Å². The SMILES string of the molecule is C=CCNC(=S)N/N=C(\C)c1ccc(C)nn1. The maximum Gasteiger partial charge on any atom is 0.187 e. The fourth-order valence-corrected chi connectivity index (χ4v) is 1.12. The van der Waals surface area contributed by atoms with Crippen molar-refractivity contribution in [3.8, 4) is 0 Å². The summed E-state index contributed by atoms with van der Waals surface area (Å²) in [6, 6.07) is 3.75. The minimum absolute atomic E-state index is 0.448. The first-order chi connectivity index (χ1) is 8.13. The lowest BCUT2D eigenvalue weighted by Crippen LogP contribution is -2.32. The normalized spacial score (nSPS) is 10.8. The Labute approximate surface area is 106 Å². The number of hydrogen-bond acceptors (Lipinski definition) is 4. The van der Waals surface area contributed by atoms with Crippen molar-refractivity contribution in [1.82, 2.24) is 20.9 Å². The van der Waals surface area contributed by atoms with Gasteiger partial charge in [0.05, 0.1) is 11.4 Å². The number of nitrogens with zero attached hydrogens (tertiary/aromatic N) is 3. The van der Waals surface area contributed by atoms with E-state index >= 15 is 0 Å². The van der Waals surface area contributed by atoms with Gasteiger partial charge < -0.3 is 5.32 Å². The van der Waals surface area contributed by atoms with Gasteiger partial charge in [0.2, 0.25) is 0 Å². The lowest BCUT2D eigenvalue weighted by molar-refractivity contribution is 0.925. The van der Waals surface area contributed by atoms with Gasteiger partial charge >= 0.3 is 0 Å². The lowest BCUT2D eigenvalue weighted by Gasteiger charge is -2.05. The second kappa shape index (κ2) is 6.70. The number of rotatable bonds is 4. The molecule has 6 heteroatoms. The van der Waals surface area contributed by atoms with Crippen LogP contribution in [0.25, 0.3) is 0 Å². The van der Waals surface area contributed by atoms with Crippen LogP contribution in [0.5, 0.6) is 0 Å². The summed E-state index contributed by atoms with van der Waals surface area (Å²) in [6.07, 6.45) is 1.72. The zero-order valence-corrected chi connectivity index (χ0v) is 10.7. The molecule has 1 rings (SSSR count). The standard InChI is InChI=1S/C11H15N5S/c1-4-7-12-11(17)16-14-9(3)10-6-5-8(2)13-15-10/h4-6H,1,7H2,2-3H3,(H2,12,16,17)/b14-9+. The van der Waals surface area contributed by atoms with Crippen LogP contribution in [0, 0.1) is 6.92 Å². The maximum absolute atomic E-state index is 5.00. The van der Waals surface area contributed by atoms with Crippen molar-refractivity contribution in [3.63, 3.8) is 0 Å². The van der Waals surface area contributed by atoms with Gasteiger partial charge in [0.15, 0.2) is 5.11 Å². The Bertz CT molecular complexity index is 424. The lowest BCUT2D eigenvalue weighted by atomic mass is 10.3. The number of hydrogen-bond donors (Lipinski definition) is 2. The van der Waals surface area contributed by atoms with Crippen molar-refractivity contribution >= 4 is 23.0 Å². The largest absolute Gasteiger partial charge is 0.358 e. The Kier molecular flexibility index (Phi) is 5.22. The number of aromatic nitrogens is 2. The summed E-state index contributed by atoms with van der Waals surface area (Å²) in [4.78, 5) is 0. The first-order valence-electron chi connectivity index (χ1n) is 5.13. The van der Waals surface area contributed by atoms with E-state index in [1.807, 2.05) is 26.0 Å². The van der Waals surface area contributed by atoms with Gasteiger partial charge in [0, 0.05) is 6.54 Å². The molecule has 1 aromatic heterocycles. The first kappa shape index (κ1) is 13.2. The van der Waals surface area contributed by atoms with Crippen LogP contribution in [0.15, 0.2) is 29.9 Å². The molecule has 0 aliphatic carbocycles. The van der Waals surface area contributed by atoms with E-state index in [2.05, 4.69) is 32.6 Å². The van der Waals surface area contributed by atoms with Crippen LogP contribution in [0.4, 0.5) is 0 Å². The van der Waals surface area contributed by atoms with E-state index in [-0.39, 0.29) is 0 Å². The molecule has 0 aliphatic heterocycles. The third kappa shape index (κ3) is 4.69. The number of nitrogens with one attached hydrogen (secondary N) is 2. The molecular weight excluding hydrogens is 234 g/mol. The van der Waals surface area contributed by atoms with Crippen LogP contribution in [0.2, 0.25) is 0 Å².